The number of nitrogens with zero attached hydrogens (tertiary/aromatic N) is 4. The predicted molar refractivity (Wildman–Crippen MR) is 227 cm³/mol. The summed E-state index contributed by atoms with van der Waals surface area (Å²) in [5.74, 6) is 1.56. The first kappa shape index (κ1) is 24.0. The average molecular weight is 712 g/mol. The Labute approximate surface area is 332 Å². The first-order valence-corrected chi connectivity index (χ1v) is 17.8. The second-order valence-corrected chi connectivity index (χ2v) is 13.0. The molecule has 0 aliphatic heterocycles. The van der Waals surface area contributed by atoms with E-state index in [-0.39, 0.29) is 34.1 Å². The summed E-state index contributed by atoms with van der Waals surface area (Å²) in [7, 11) is 0. The van der Waals surface area contributed by atoms with E-state index < -0.39 is 42.3 Å². The minimum atomic E-state index is -0.521. The summed E-state index contributed by atoms with van der Waals surface area (Å²) in [6.45, 7) is 0. The third-order valence-corrected chi connectivity index (χ3v) is 9.66. The van der Waals surface area contributed by atoms with E-state index in [2.05, 4.69) is 24.3 Å². The first-order valence-electron chi connectivity index (χ1n) is 22.3. The molecule has 0 unspecified atom stereocenters. The molecule has 0 aliphatic carbocycles. The number of para-hydroxylation sites is 2. The van der Waals surface area contributed by atoms with Crippen LogP contribution in [0.5, 0.6) is 0 Å². The van der Waals surface area contributed by atoms with E-state index in [1.807, 2.05) is 109 Å². The van der Waals surface area contributed by atoms with Crippen molar-refractivity contribution in [2.24, 2.45) is 0 Å². The van der Waals surface area contributed by atoms with Gasteiger partial charge in [0.15, 0.2) is 17.5 Å². The second kappa shape index (κ2) is 13.8. The number of hydrogen-bond donors (Lipinski definition) is 0. The first-order chi connectivity index (χ1) is 31.0. The summed E-state index contributed by atoms with van der Waals surface area (Å²) in [5.41, 5.74) is 7.66. The van der Waals surface area contributed by atoms with E-state index in [0.717, 1.165) is 38.9 Å². The summed E-state index contributed by atoms with van der Waals surface area (Å²) in [5, 5.41) is 0.701. The Morgan fingerprint density at radius 2 is 0.873 bits per heavy atom. The zero-order valence-corrected chi connectivity index (χ0v) is 29.2. The monoisotopic (exact) mass is 711 g/mol. The summed E-state index contributed by atoms with van der Waals surface area (Å²) in [6.07, 6.45) is 0. The molecule has 0 bridgehead atoms. The molecule has 0 N–H and O–H groups in total. The Bertz CT molecular complexity index is 3460. The zero-order valence-electron chi connectivity index (χ0n) is 38.2. The van der Waals surface area contributed by atoms with Gasteiger partial charge in [0.2, 0.25) is 0 Å². The topological polar surface area (TPSA) is 43.6 Å². The SMILES string of the molecule is [2H]c1c([2H])c([2H])c(-c2cccc3c4c([2H])c([2H])c([2H])c([2H])c4n(-c4ccc(-c5cccc(-c6nc(-c7ccccc7)nc(-c7cccc(-c8ccccc8)c7)n6)c5)cc4)c23)c([2H])c1[2H]. The van der Waals surface area contributed by atoms with Gasteiger partial charge >= 0.3 is 0 Å². The minimum absolute atomic E-state index is 0.0369. The molecule has 2 heterocycles. The maximum absolute atomic E-state index is 9.09. The third-order valence-electron chi connectivity index (χ3n) is 9.66. The van der Waals surface area contributed by atoms with Crippen LogP contribution in [0.1, 0.15) is 12.3 Å². The van der Waals surface area contributed by atoms with Crippen LogP contribution in [0.2, 0.25) is 0 Å². The molecule has 4 heteroatoms. The van der Waals surface area contributed by atoms with Crippen LogP contribution in [-0.2, 0) is 0 Å². The standard InChI is InChI=1S/C51H34N4/c1-4-15-35(16-5-1)39-21-12-23-41(33-39)50-52-49(38-19-8-3-9-20-38)53-51(54-50)42-24-13-22-40(34-42)36-29-31-43(32-30-36)55-47-28-11-10-25-45(47)46-27-14-26-44(48(46)55)37-17-6-2-7-18-37/h1-34H/i2D,6D,7D,10D,11D,17D,18D,25D,28D. The van der Waals surface area contributed by atoms with Gasteiger partial charge in [-0.05, 0) is 58.1 Å². The van der Waals surface area contributed by atoms with Gasteiger partial charge in [-0.15, -0.1) is 0 Å². The van der Waals surface area contributed by atoms with Crippen molar-refractivity contribution in [2.45, 2.75) is 0 Å². The van der Waals surface area contributed by atoms with Gasteiger partial charge < -0.3 is 4.57 Å². The highest BCUT2D eigenvalue weighted by Crippen LogP contribution is 2.38. The Hall–Kier alpha value is -7.43. The summed E-state index contributed by atoms with van der Waals surface area (Å²) in [4.78, 5) is 14.9. The normalized spacial score (nSPS) is 13.6. The molecule has 0 saturated carbocycles. The lowest BCUT2D eigenvalue weighted by Gasteiger charge is -2.13. The number of aromatic nitrogens is 4. The largest absolute Gasteiger partial charge is 0.309 e. The quantitative estimate of drug-likeness (QED) is 0.165. The molecule has 0 fully saturated rings. The Balaban J connectivity index is 1.11. The van der Waals surface area contributed by atoms with E-state index in [0.29, 0.717) is 34.1 Å². The molecular weight excluding hydrogens is 669 g/mol. The van der Waals surface area contributed by atoms with Crippen molar-refractivity contribution in [2.75, 3.05) is 0 Å². The van der Waals surface area contributed by atoms with Gasteiger partial charge in [0.25, 0.3) is 0 Å². The van der Waals surface area contributed by atoms with Crippen LogP contribution in [0.3, 0.4) is 0 Å². The van der Waals surface area contributed by atoms with Crippen LogP contribution in [0, 0.1) is 0 Å². The van der Waals surface area contributed by atoms with Crippen molar-refractivity contribution in [3.8, 4) is 73.2 Å². The molecular formula is C51H34N4. The Kier molecular flexibility index (Phi) is 6.04. The fourth-order valence-electron chi connectivity index (χ4n) is 7.07. The Morgan fingerprint density at radius 1 is 0.364 bits per heavy atom. The molecule has 0 radical (unpaired) electrons. The lowest BCUT2D eigenvalue weighted by molar-refractivity contribution is 1.07. The van der Waals surface area contributed by atoms with Gasteiger partial charge in [-0.1, -0.05) is 176 Å². The highest BCUT2D eigenvalue weighted by atomic mass is 15.0. The van der Waals surface area contributed by atoms with Crippen LogP contribution >= 0.6 is 0 Å². The maximum Gasteiger partial charge on any atom is 0.164 e. The highest BCUT2D eigenvalue weighted by Gasteiger charge is 2.17. The maximum atomic E-state index is 9.09. The van der Waals surface area contributed by atoms with Gasteiger partial charge in [0.1, 0.15) is 0 Å². The van der Waals surface area contributed by atoms with E-state index in [9.17, 15) is 0 Å². The number of benzene rings is 8. The molecule has 0 atom stereocenters. The fourth-order valence-corrected chi connectivity index (χ4v) is 7.07. The van der Waals surface area contributed by atoms with Crippen LogP contribution in [-0.4, -0.2) is 19.5 Å². The molecule has 55 heavy (non-hydrogen) atoms. The number of fused-ring (bicyclic) bond motifs is 3. The molecule has 10 aromatic rings. The van der Waals surface area contributed by atoms with Crippen LogP contribution in [0.15, 0.2) is 206 Å². The van der Waals surface area contributed by atoms with Crippen LogP contribution in [0.4, 0.5) is 0 Å². The highest BCUT2D eigenvalue weighted by molar-refractivity contribution is 6.13. The van der Waals surface area contributed by atoms with E-state index in [4.69, 9.17) is 27.3 Å². The average Bonchev–Trinajstić information content (AvgIpc) is 3.70. The molecule has 4 nitrogen and oxygen atoms in total. The van der Waals surface area contributed by atoms with Crippen molar-refractivity contribution in [1.29, 1.82) is 0 Å². The van der Waals surface area contributed by atoms with Gasteiger partial charge in [-0.25, -0.2) is 15.0 Å². The van der Waals surface area contributed by atoms with Gasteiger partial charge in [-0.2, -0.15) is 0 Å². The lowest BCUT2D eigenvalue weighted by atomic mass is 10.0. The summed E-state index contributed by atoms with van der Waals surface area (Å²) >= 11 is 0. The van der Waals surface area contributed by atoms with Crippen LogP contribution < -0.4 is 0 Å². The van der Waals surface area contributed by atoms with E-state index >= 15 is 0 Å². The molecule has 0 spiro atoms. The predicted octanol–water partition coefficient (Wildman–Crippen LogP) is 13.0. The van der Waals surface area contributed by atoms with Crippen molar-refractivity contribution < 1.29 is 12.3 Å². The Morgan fingerprint density at radius 3 is 1.53 bits per heavy atom. The van der Waals surface area contributed by atoms with Crippen molar-refractivity contribution in [1.82, 2.24) is 19.5 Å². The molecule has 8 aromatic carbocycles. The van der Waals surface area contributed by atoms with Crippen molar-refractivity contribution in [3.05, 3.63) is 206 Å². The molecule has 10 rings (SSSR count). The van der Waals surface area contributed by atoms with Gasteiger partial charge in [-0.3, -0.25) is 0 Å². The molecule has 0 saturated heterocycles. The van der Waals surface area contributed by atoms with E-state index in [1.165, 1.54) is 0 Å². The van der Waals surface area contributed by atoms with Crippen molar-refractivity contribution >= 4 is 21.8 Å². The zero-order chi connectivity index (χ0) is 44.4. The molecule has 0 aliphatic rings. The molecule has 2 aromatic heterocycles. The van der Waals surface area contributed by atoms with Gasteiger partial charge in [0.05, 0.1) is 23.4 Å². The summed E-state index contributed by atoms with van der Waals surface area (Å²) in [6, 6.07) is 44.9. The number of rotatable bonds is 7. The summed E-state index contributed by atoms with van der Waals surface area (Å²) < 4.78 is 79.6. The van der Waals surface area contributed by atoms with Crippen LogP contribution in [0.25, 0.3) is 95.0 Å². The van der Waals surface area contributed by atoms with Crippen molar-refractivity contribution in [3.63, 3.8) is 0 Å². The van der Waals surface area contributed by atoms with E-state index in [1.54, 1.807) is 22.8 Å². The molecule has 0 amide bonds. The lowest BCUT2D eigenvalue weighted by Crippen LogP contribution is -2.00. The smallest absolute Gasteiger partial charge is 0.164 e. The minimum Gasteiger partial charge on any atom is -0.309 e. The second-order valence-electron chi connectivity index (χ2n) is 13.0. The van der Waals surface area contributed by atoms with Gasteiger partial charge in [0, 0.05) is 38.7 Å². The fraction of sp³-hybridized carbons (Fsp3) is 0. The molecule has 258 valence electrons. The number of hydrogen-bond acceptors (Lipinski definition) is 3. The third kappa shape index (κ3) is 6.06.